The number of ether oxygens (including phenoxy) is 1. The number of sulfonamides is 1. The van der Waals surface area contributed by atoms with Crippen LogP contribution >= 0.6 is 11.8 Å². The number of hydrogen-bond acceptors (Lipinski definition) is 5. The largest absolute Gasteiger partial charge is 0.455 e. The fourth-order valence-electron chi connectivity index (χ4n) is 2.69. The number of amides is 1. The Morgan fingerprint density at radius 1 is 0.935 bits per heavy atom. The van der Waals surface area contributed by atoms with Gasteiger partial charge in [-0.2, -0.15) is 0 Å². The van der Waals surface area contributed by atoms with E-state index in [1.54, 1.807) is 56.3 Å². The number of hydrogen-bond donors (Lipinski definition) is 2. The van der Waals surface area contributed by atoms with E-state index in [0.29, 0.717) is 22.9 Å². The van der Waals surface area contributed by atoms with E-state index in [1.807, 2.05) is 24.5 Å². The van der Waals surface area contributed by atoms with Crippen molar-refractivity contribution in [3.63, 3.8) is 0 Å². The van der Waals surface area contributed by atoms with Crippen LogP contribution in [0.5, 0.6) is 11.5 Å². The Kier molecular flexibility index (Phi) is 7.25. The second-order valence-electron chi connectivity index (χ2n) is 7.02. The summed E-state index contributed by atoms with van der Waals surface area (Å²) in [5, 5.41) is 2.80. The van der Waals surface area contributed by atoms with Gasteiger partial charge in [0.25, 0.3) is 10.0 Å². The van der Waals surface area contributed by atoms with Crippen LogP contribution in [0.2, 0.25) is 0 Å². The molecule has 0 unspecified atom stereocenters. The van der Waals surface area contributed by atoms with Crippen molar-refractivity contribution in [1.82, 2.24) is 0 Å². The maximum atomic E-state index is 13.1. The molecule has 6 nitrogen and oxygen atoms in total. The molecule has 0 aliphatic carbocycles. The maximum absolute atomic E-state index is 13.1. The standard InChI is InChI=1S/C23H24N2O4S2/c1-16(2)23(26)24-20-15-18(13-14-22(20)30-3)31(27,28)25-19-11-7-8-12-21(19)29-17-9-5-4-6-10-17/h4-16,25H,1-3H3,(H,24,26). The molecule has 162 valence electrons. The lowest BCUT2D eigenvalue weighted by Crippen LogP contribution is -2.19. The third-order valence-corrected chi connectivity index (χ3v) is 6.52. The second kappa shape index (κ2) is 9.89. The topological polar surface area (TPSA) is 84.5 Å². The molecule has 3 aromatic rings. The first kappa shape index (κ1) is 22.7. The number of thioether (sulfide) groups is 1. The number of carbonyl (C=O) groups is 1. The summed E-state index contributed by atoms with van der Waals surface area (Å²) in [5.41, 5.74) is 0.774. The predicted molar refractivity (Wildman–Crippen MR) is 125 cm³/mol. The molecular formula is C23H24N2O4S2. The van der Waals surface area contributed by atoms with Crippen LogP contribution in [0.4, 0.5) is 11.4 Å². The Morgan fingerprint density at radius 2 is 1.61 bits per heavy atom. The van der Waals surface area contributed by atoms with Crippen LogP contribution < -0.4 is 14.8 Å². The average Bonchev–Trinajstić information content (AvgIpc) is 2.75. The lowest BCUT2D eigenvalue weighted by Gasteiger charge is -2.16. The highest BCUT2D eigenvalue weighted by molar-refractivity contribution is 7.98. The van der Waals surface area contributed by atoms with E-state index < -0.39 is 10.0 Å². The SMILES string of the molecule is CSc1ccc(S(=O)(=O)Nc2ccccc2Oc2ccccc2)cc1NC(=O)C(C)C. The van der Waals surface area contributed by atoms with Gasteiger partial charge in [0.15, 0.2) is 5.75 Å². The van der Waals surface area contributed by atoms with Gasteiger partial charge in [-0.15, -0.1) is 11.8 Å². The Hall–Kier alpha value is -2.97. The summed E-state index contributed by atoms with van der Waals surface area (Å²) in [6.07, 6.45) is 1.87. The van der Waals surface area contributed by atoms with Gasteiger partial charge in [-0.25, -0.2) is 8.42 Å². The Bertz CT molecular complexity index is 1160. The lowest BCUT2D eigenvalue weighted by molar-refractivity contribution is -0.118. The summed E-state index contributed by atoms with van der Waals surface area (Å²) < 4.78 is 34.6. The van der Waals surface area contributed by atoms with E-state index in [2.05, 4.69) is 10.0 Å². The molecular weight excluding hydrogens is 432 g/mol. The van der Waals surface area contributed by atoms with Crippen molar-refractivity contribution in [2.24, 2.45) is 5.92 Å². The molecule has 0 radical (unpaired) electrons. The number of rotatable bonds is 8. The van der Waals surface area contributed by atoms with E-state index in [1.165, 1.54) is 23.9 Å². The molecule has 0 spiro atoms. The van der Waals surface area contributed by atoms with Gasteiger partial charge < -0.3 is 10.1 Å². The van der Waals surface area contributed by atoms with Crippen LogP contribution in [0.25, 0.3) is 0 Å². The van der Waals surface area contributed by atoms with Crippen molar-refractivity contribution in [1.29, 1.82) is 0 Å². The molecule has 0 saturated carbocycles. The van der Waals surface area contributed by atoms with E-state index in [-0.39, 0.29) is 16.7 Å². The highest BCUT2D eigenvalue weighted by Gasteiger charge is 2.20. The lowest BCUT2D eigenvalue weighted by atomic mass is 10.2. The zero-order chi connectivity index (χ0) is 22.4. The van der Waals surface area contributed by atoms with E-state index >= 15 is 0 Å². The van der Waals surface area contributed by atoms with Crippen LogP contribution in [0, 0.1) is 5.92 Å². The summed E-state index contributed by atoms with van der Waals surface area (Å²) >= 11 is 1.43. The summed E-state index contributed by atoms with van der Waals surface area (Å²) in [6.45, 7) is 3.56. The molecule has 2 N–H and O–H groups in total. The third-order valence-electron chi connectivity index (χ3n) is 4.37. The first-order valence-electron chi connectivity index (χ1n) is 9.64. The minimum atomic E-state index is -3.92. The monoisotopic (exact) mass is 456 g/mol. The number of carbonyl (C=O) groups excluding carboxylic acids is 1. The van der Waals surface area contributed by atoms with Gasteiger partial charge in [-0.1, -0.05) is 44.2 Å². The predicted octanol–water partition coefficient (Wildman–Crippen LogP) is 5.60. The molecule has 3 aromatic carbocycles. The Balaban J connectivity index is 1.90. The first-order chi connectivity index (χ1) is 14.8. The molecule has 31 heavy (non-hydrogen) atoms. The molecule has 0 aliphatic rings. The fraction of sp³-hybridized carbons (Fsp3) is 0.174. The van der Waals surface area contributed by atoms with Crippen LogP contribution in [0.3, 0.4) is 0 Å². The molecule has 0 saturated heterocycles. The van der Waals surface area contributed by atoms with Crippen LogP contribution in [0.15, 0.2) is 82.6 Å². The van der Waals surface area contributed by atoms with Crippen molar-refractivity contribution >= 4 is 39.1 Å². The summed E-state index contributed by atoms with van der Waals surface area (Å²) in [5.74, 6) is 0.568. The van der Waals surface area contributed by atoms with Gasteiger partial charge in [-0.05, 0) is 48.7 Å². The van der Waals surface area contributed by atoms with Gasteiger partial charge >= 0.3 is 0 Å². The normalized spacial score (nSPS) is 11.2. The fourth-order valence-corrected chi connectivity index (χ4v) is 4.32. The van der Waals surface area contributed by atoms with Crippen molar-refractivity contribution < 1.29 is 17.9 Å². The highest BCUT2D eigenvalue weighted by atomic mass is 32.2. The van der Waals surface area contributed by atoms with Crippen LogP contribution in [0.1, 0.15) is 13.8 Å². The summed E-state index contributed by atoms with van der Waals surface area (Å²) in [6, 6.07) is 20.6. The summed E-state index contributed by atoms with van der Waals surface area (Å²) in [4.78, 5) is 13.0. The molecule has 1 amide bonds. The molecule has 0 bridgehead atoms. The van der Waals surface area contributed by atoms with Crippen molar-refractivity contribution in [3.05, 3.63) is 72.8 Å². The van der Waals surface area contributed by atoms with Crippen molar-refractivity contribution in [2.45, 2.75) is 23.6 Å². The number of anilines is 2. The minimum absolute atomic E-state index is 0.0406. The van der Waals surface area contributed by atoms with Gasteiger partial charge in [0.2, 0.25) is 5.91 Å². The Morgan fingerprint density at radius 3 is 2.29 bits per heavy atom. The molecule has 0 atom stereocenters. The number of nitrogens with one attached hydrogen (secondary N) is 2. The van der Waals surface area contributed by atoms with Gasteiger partial charge in [0.1, 0.15) is 5.75 Å². The molecule has 3 rings (SSSR count). The second-order valence-corrected chi connectivity index (χ2v) is 9.55. The van der Waals surface area contributed by atoms with Crippen LogP contribution in [-0.4, -0.2) is 20.6 Å². The number of benzene rings is 3. The Labute approximate surface area is 187 Å². The number of para-hydroxylation sites is 3. The molecule has 0 aliphatic heterocycles. The van der Waals surface area contributed by atoms with Crippen LogP contribution in [-0.2, 0) is 14.8 Å². The van der Waals surface area contributed by atoms with Gasteiger partial charge in [0, 0.05) is 10.8 Å². The summed E-state index contributed by atoms with van der Waals surface area (Å²) in [7, 11) is -3.92. The first-order valence-corrected chi connectivity index (χ1v) is 12.3. The zero-order valence-corrected chi connectivity index (χ0v) is 19.1. The molecule has 8 heteroatoms. The highest BCUT2D eigenvalue weighted by Crippen LogP contribution is 2.33. The van der Waals surface area contributed by atoms with Crippen molar-refractivity contribution in [2.75, 3.05) is 16.3 Å². The van der Waals surface area contributed by atoms with E-state index in [4.69, 9.17) is 4.74 Å². The van der Waals surface area contributed by atoms with Gasteiger partial charge in [-0.3, -0.25) is 9.52 Å². The maximum Gasteiger partial charge on any atom is 0.262 e. The molecule has 0 aromatic heterocycles. The quantitative estimate of drug-likeness (QED) is 0.431. The smallest absolute Gasteiger partial charge is 0.262 e. The van der Waals surface area contributed by atoms with Gasteiger partial charge in [0.05, 0.1) is 16.3 Å². The average molecular weight is 457 g/mol. The van der Waals surface area contributed by atoms with E-state index in [0.717, 1.165) is 4.90 Å². The molecule has 0 heterocycles. The van der Waals surface area contributed by atoms with Crippen molar-refractivity contribution in [3.8, 4) is 11.5 Å². The zero-order valence-electron chi connectivity index (χ0n) is 17.5. The van der Waals surface area contributed by atoms with E-state index in [9.17, 15) is 13.2 Å². The minimum Gasteiger partial charge on any atom is -0.455 e. The third kappa shape index (κ3) is 5.80. The molecule has 0 fully saturated rings.